The lowest BCUT2D eigenvalue weighted by Crippen LogP contribution is -2.29. The molecule has 1 rings (SSSR count). The smallest absolute Gasteiger partial charge is 0.204 e. The van der Waals surface area contributed by atoms with Crippen molar-refractivity contribution >= 4 is 28.3 Å². The maximum absolute atomic E-state index is 5.68. The molecule has 0 radical (unpaired) electrons. The molecule has 11 heavy (non-hydrogen) atoms. The Morgan fingerprint density at radius 3 is 3.00 bits per heavy atom. The second kappa shape index (κ2) is 3.88. The van der Waals surface area contributed by atoms with E-state index in [1.54, 1.807) is 6.33 Å². The van der Waals surface area contributed by atoms with Gasteiger partial charge in [-0.25, -0.2) is 4.98 Å². The van der Waals surface area contributed by atoms with Crippen LogP contribution in [0.25, 0.3) is 0 Å². The molecule has 0 fully saturated rings. The van der Waals surface area contributed by atoms with Gasteiger partial charge in [0.2, 0.25) is 5.13 Å². The van der Waals surface area contributed by atoms with Crippen LogP contribution in [-0.2, 0) is 0 Å². The van der Waals surface area contributed by atoms with E-state index in [0.29, 0.717) is 11.9 Å². The summed E-state index contributed by atoms with van der Waals surface area (Å²) in [6.45, 7) is 2.05. The molecule has 0 aromatic carbocycles. The van der Waals surface area contributed by atoms with Gasteiger partial charge in [0, 0.05) is 30.5 Å². The van der Waals surface area contributed by atoms with E-state index in [4.69, 9.17) is 11.6 Å². The first-order valence-corrected chi connectivity index (χ1v) is 4.62. The van der Waals surface area contributed by atoms with Crippen molar-refractivity contribution in [3.63, 3.8) is 0 Å². The first-order chi connectivity index (χ1) is 5.25. The van der Waals surface area contributed by atoms with Gasteiger partial charge in [-0.3, -0.25) is 0 Å². The molecule has 1 aromatic rings. The van der Waals surface area contributed by atoms with Gasteiger partial charge in [-0.05, 0) is 6.92 Å². The first kappa shape index (κ1) is 8.74. The van der Waals surface area contributed by atoms with Crippen molar-refractivity contribution in [3.05, 3.63) is 6.33 Å². The fraction of sp³-hybridized carbons (Fsp3) is 0.667. The SMILES string of the molecule is CC(CCl)N(C)c1ncns1. The van der Waals surface area contributed by atoms with E-state index in [-0.39, 0.29) is 0 Å². The van der Waals surface area contributed by atoms with Crippen LogP contribution in [0.5, 0.6) is 0 Å². The molecular weight excluding hydrogens is 182 g/mol. The number of nitrogens with zero attached hydrogens (tertiary/aromatic N) is 3. The van der Waals surface area contributed by atoms with E-state index < -0.39 is 0 Å². The zero-order valence-corrected chi connectivity index (χ0v) is 8.06. The van der Waals surface area contributed by atoms with Gasteiger partial charge in [0.1, 0.15) is 6.33 Å². The number of anilines is 1. The molecule has 0 aliphatic rings. The normalized spacial score (nSPS) is 13.0. The molecule has 0 bridgehead atoms. The van der Waals surface area contributed by atoms with Gasteiger partial charge in [-0.2, -0.15) is 4.37 Å². The van der Waals surface area contributed by atoms with Crippen molar-refractivity contribution in [2.24, 2.45) is 0 Å². The summed E-state index contributed by atoms with van der Waals surface area (Å²) >= 11 is 7.06. The van der Waals surface area contributed by atoms with E-state index in [9.17, 15) is 0 Å². The minimum absolute atomic E-state index is 0.310. The van der Waals surface area contributed by atoms with Crippen LogP contribution in [0.15, 0.2) is 6.33 Å². The maximum atomic E-state index is 5.68. The average molecular weight is 192 g/mol. The molecule has 0 aliphatic heterocycles. The van der Waals surface area contributed by atoms with Crippen molar-refractivity contribution in [1.82, 2.24) is 9.36 Å². The molecule has 0 spiro atoms. The van der Waals surface area contributed by atoms with Crippen LogP contribution in [0.2, 0.25) is 0 Å². The van der Waals surface area contributed by atoms with Crippen molar-refractivity contribution in [3.8, 4) is 0 Å². The van der Waals surface area contributed by atoms with Crippen molar-refractivity contribution in [2.75, 3.05) is 17.8 Å². The maximum Gasteiger partial charge on any atom is 0.204 e. The molecule has 62 valence electrons. The molecule has 1 unspecified atom stereocenters. The summed E-state index contributed by atoms with van der Waals surface area (Å²) in [6, 6.07) is 0.310. The Kier molecular flexibility index (Phi) is 3.08. The molecule has 1 aromatic heterocycles. The van der Waals surface area contributed by atoms with Gasteiger partial charge in [-0.1, -0.05) is 0 Å². The van der Waals surface area contributed by atoms with E-state index in [1.165, 1.54) is 11.5 Å². The summed E-state index contributed by atoms with van der Waals surface area (Å²) in [7, 11) is 1.97. The van der Waals surface area contributed by atoms with E-state index >= 15 is 0 Å². The third kappa shape index (κ3) is 2.04. The number of hydrogen-bond acceptors (Lipinski definition) is 4. The highest BCUT2D eigenvalue weighted by Gasteiger charge is 2.10. The van der Waals surface area contributed by atoms with Crippen LogP contribution in [0.1, 0.15) is 6.92 Å². The predicted molar refractivity (Wildman–Crippen MR) is 48.5 cm³/mol. The molecule has 0 N–H and O–H groups in total. The second-order valence-electron chi connectivity index (χ2n) is 2.34. The summed E-state index contributed by atoms with van der Waals surface area (Å²) < 4.78 is 3.91. The van der Waals surface area contributed by atoms with Crippen molar-refractivity contribution < 1.29 is 0 Å². The fourth-order valence-corrected chi connectivity index (χ4v) is 1.41. The lowest BCUT2D eigenvalue weighted by molar-refractivity contribution is 0.758. The standard InChI is InChI=1S/C6H10ClN3S/c1-5(3-7)10(2)6-8-4-9-11-6/h4-5H,3H2,1-2H3. The summed E-state index contributed by atoms with van der Waals surface area (Å²) in [5, 5.41) is 0.915. The van der Waals surface area contributed by atoms with Gasteiger partial charge in [-0.15, -0.1) is 11.6 Å². The zero-order valence-electron chi connectivity index (χ0n) is 6.49. The van der Waals surface area contributed by atoms with E-state index in [2.05, 4.69) is 16.3 Å². The van der Waals surface area contributed by atoms with Crippen molar-refractivity contribution in [1.29, 1.82) is 0 Å². The Labute approximate surface area is 75.2 Å². The lowest BCUT2D eigenvalue weighted by Gasteiger charge is -2.20. The highest BCUT2D eigenvalue weighted by atomic mass is 35.5. The topological polar surface area (TPSA) is 29.0 Å². The number of aromatic nitrogens is 2. The van der Waals surface area contributed by atoms with Gasteiger partial charge >= 0.3 is 0 Å². The van der Waals surface area contributed by atoms with Gasteiger partial charge in [0.15, 0.2) is 0 Å². The molecule has 0 amide bonds. The summed E-state index contributed by atoms with van der Waals surface area (Å²) in [5.74, 6) is 0.607. The molecule has 1 atom stereocenters. The van der Waals surface area contributed by atoms with Crippen LogP contribution in [0.4, 0.5) is 5.13 Å². The van der Waals surface area contributed by atoms with Crippen LogP contribution < -0.4 is 4.90 Å². The molecular formula is C6H10ClN3S. The third-order valence-corrected chi connectivity index (χ3v) is 2.74. The summed E-state index contributed by atoms with van der Waals surface area (Å²) in [5.41, 5.74) is 0. The van der Waals surface area contributed by atoms with Gasteiger partial charge in [0.05, 0.1) is 0 Å². The summed E-state index contributed by atoms with van der Waals surface area (Å²) in [4.78, 5) is 6.08. The van der Waals surface area contributed by atoms with E-state index in [1.807, 2.05) is 11.9 Å². The van der Waals surface area contributed by atoms with Crippen LogP contribution in [0, 0.1) is 0 Å². The number of halogens is 1. The van der Waals surface area contributed by atoms with Gasteiger partial charge in [0.25, 0.3) is 0 Å². The monoisotopic (exact) mass is 191 g/mol. The quantitative estimate of drug-likeness (QED) is 0.680. The first-order valence-electron chi connectivity index (χ1n) is 3.31. The Bertz CT molecular complexity index is 202. The molecule has 5 heteroatoms. The summed E-state index contributed by atoms with van der Waals surface area (Å²) in [6.07, 6.45) is 1.55. The van der Waals surface area contributed by atoms with Crippen LogP contribution in [-0.4, -0.2) is 28.3 Å². The molecule has 0 aliphatic carbocycles. The Morgan fingerprint density at radius 2 is 2.55 bits per heavy atom. The lowest BCUT2D eigenvalue weighted by atomic mass is 10.4. The largest absolute Gasteiger partial charge is 0.346 e. The molecule has 1 heterocycles. The Morgan fingerprint density at radius 1 is 1.82 bits per heavy atom. The minimum Gasteiger partial charge on any atom is -0.346 e. The Balaban J connectivity index is 2.62. The van der Waals surface area contributed by atoms with Crippen LogP contribution >= 0.6 is 23.1 Å². The number of rotatable bonds is 3. The second-order valence-corrected chi connectivity index (χ2v) is 3.41. The zero-order chi connectivity index (χ0) is 8.27. The predicted octanol–water partition coefficient (Wildman–Crippen LogP) is 1.60. The van der Waals surface area contributed by atoms with Crippen LogP contribution in [0.3, 0.4) is 0 Å². The highest BCUT2D eigenvalue weighted by molar-refractivity contribution is 7.09. The Hall–Kier alpha value is -0.350. The minimum atomic E-state index is 0.310. The molecule has 0 saturated heterocycles. The third-order valence-electron chi connectivity index (χ3n) is 1.54. The highest BCUT2D eigenvalue weighted by Crippen LogP contribution is 2.15. The number of hydrogen-bond donors (Lipinski definition) is 0. The van der Waals surface area contributed by atoms with E-state index in [0.717, 1.165) is 5.13 Å². The fourth-order valence-electron chi connectivity index (χ4n) is 0.615. The van der Waals surface area contributed by atoms with Crippen molar-refractivity contribution in [2.45, 2.75) is 13.0 Å². The number of alkyl halides is 1. The van der Waals surface area contributed by atoms with Gasteiger partial charge < -0.3 is 4.90 Å². The molecule has 3 nitrogen and oxygen atoms in total. The molecule has 0 saturated carbocycles. The average Bonchev–Trinajstić information content (AvgIpc) is 2.53.